The second kappa shape index (κ2) is 8.73. The average molecular weight is 413 g/mol. The molecule has 28 heavy (non-hydrogen) atoms. The summed E-state index contributed by atoms with van der Waals surface area (Å²) in [6.45, 7) is 0. The van der Waals surface area contributed by atoms with Crippen LogP contribution in [0, 0.1) is 0 Å². The lowest BCUT2D eigenvalue weighted by Gasteiger charge is -2.08. The van der Waals surface area contributed by atoms with Crippen LogP contribution < -0.4 is 10.0 Å². The molecule has 0 fully saturated rings. The summed E-state index contributed by atoms with van der Waals surface area (Å²) in [6.07, 6.45) is 1.51. The first kappa shape index (κ1) is 19.7. The Labute approximate surface area is 168 Å². The second-order valence-electron chi connectivity index (χ2n) is 5.87. The first-order chi connectivity index (χ1) is 13.4. The van der Waals surface area contributed by atoms with Crippen molar-refractivity contribution in [2.45, 2.75) is 0 Å². The van der Waals surface area contributed by atoms with E-state index in [0.29, 0.717) is 22.0 Å². The molecule has 3 aromatic rings. The predicted octanol–water partition coefficient (Wildman–Crippen LogP) is 5.00. The quantitative estimate of drug-likeness (QED) is 0.597. The van der Waals surface area contributed by atoms with Crippen LogP contribution in [0.25, 0.3) is 6.08 Å². The number of sulfonamides is 1. The SMILES string of the molecule is O=C(Nc1ccccc1Cl)c1ccc(NS(=O)(=O)C=Cc2ccccc2)cc1. The molecule has 1 amide bonds. The molecule has 0 radical (unpaired) electrons. The van der Waals surface area contributed by atoms with E-state index in [9.17, 15) is 13.2 Å². The molecular weight excluding hydrogens is 396 g/mol. The largest absolute Gasteiger partial charge is 0.321 e. The lowest BCUT2D eigenvalue weighted by atomic mass is 10.2. The maximum atomic E-state index is 12.3. The second-order valence-corrected chi connectivity index (χ2v) is 7.85. The molecule has 0 aromatic heterocycles. The number of amides is 1. The maximum Gasteiger partial charge on any atom is 0.255 e. The molecule has 0 unspecified atom stereocenters. The molecule has 0 bridgehead atoms. The Balaban J connectivity index is 1.66. The molecule has 142 valence electrons. The number of para-hydroxylation sites is 1. The molecule has 0 saturated heterocycles. The van der Waals surface area contributed by atoms with Gasteiger partial charge in [0.2, 0.25) is 0 Å². The zero-order valence-electron chi connectivity index (χ0n) is 14.7. The van der Waals surface area contributed by atoms with E-state index in [1.807, 2.05) is 18.2 Å². The molecule has 0 spiro atoms. The number of carbonyl (C=O) groups is 1. The van der Waals surface area contributed by atoms with Gasteiger partial charge in [-0.25, -0.2) is 8.42 Å². The van der Waals surface area contributed by atoms with Gasteiger partial charge in [-0.15, -0.1) is 0 Å². The molecular formula is C21H17ClN2O3S. The van der Waals surface area contributed by atoms with Crippen LogP contribution in [0.4, 0.5) is 11.4 Å². The van der Waals surface area contributed by atoms with Crippen LogP contribution >= 0.6 is 11.6 Å². The van der Waals surface area contributed by atoms with Gasteiger partial charge in [-0.2, -0.15) is 0 Å². The van der Waals surface area contributed by atoms with E-state index in [1.54, 1.807) is 36.4 Å². The van der Waals surface area contributed by atoms with E-state index in [4.69, 9.17) is 11.6 Å². The lowest BCUT2D eigenvalue weighted by molar-refractivity contribution is 0.102. The van der Waals surface area contributed by atoms with Gasteiger partial charge in [-0.3, -0.25) is 9.52 Å². The van der Waals surface area contributed by atoms with Gasteiger partial charge < -0.3 is 5.32 Å². The molecule has 0 aliphatic rings. The summed E-state index contributed by atoms with van der Waals surface area (Å²) in [5.74, 6) is -0.341. The molecule has 3 rings (SSSR count). The molecule has 0 atom stereocenters. The van der Waals surface area contributed by atoms with Gasteiger partial charge in [0.1, 0.15) is 0 Å². The van der Waals surface area contributed by atoms with Crippen molar-refractivity contribution in [3.63, 3.8) is 0 Å². The van der Waals surface area contributed by atoms with E-state index in [-0.39, 0.29) is 5.91 Å². The Bertz CT molecular complexity index is 1100. The third kappa shape index (κ3) is 5.45. The first-order valence-electron chi connectivity index (χ1n) is 8.35. The zero-order chi connectivity index (χ0) is 20.0. The summed E-state index contributed by atoms with van der Waals surface area (Å²) >= 11 is 6.03. The van der Waals surface area contributed by atoms with Crippen LogP contribution in [0.15, 0.2) is 84.3 Å². The minimum Gasteiger partial charge on any atom is -0.321 e. The van der Waals surface area contributed by atoms with Gasteiger partial charge in [-0.1, -0.05) is 54.1 Å². The molecule has 5 nitrogen and oxygen atoms in total. The number of nitrogens with one attached hydrogen (secondary N) is 2. The van der Waals surface area contributed by atoms with Crippen molar-refractivity contribution in [3.05, 3.63) is 100 Å². The highest BCUT2D eigenvalue weighted by Gasteiger charge is 2.10. The normalized spacial score (nSPS) is 11.3. The topological polar surface area (TPSA) is 75.3 Å². The van der Waals surface area contributed by atoms with Gasteiger partial charge in [0, 0.05) is 11.3 Å². The van der Waals surface area contributed by atoms with Gasteiger partial charge in [0.25, 0.3) is 15.9 Å². The van der Waals surface area contributed by atoms with E-state index in [0.717, 1.165) is 11.0 Å². The van der Waals surface area contributed by atoms with Crippen LogP contribution in [0.5, 0.6) is 0 Å². The summed E-state index contributed by atoms with van der Waals surface area (Å²) in [6, 6.07) is 22.1. The Hall–Kier alpha value is -3.09. The number of halogens is 1. The minimum atomic E-state index is -3.67. The van der Waals surface area contributed by atoms with Crippen molar-refractivity contribution >= 4 is 45.0 Å². The van der Waals surface area contributed by atoms with E-state index >= 15 is 0 Å². The fraction of sp³-hybridized carbons (Fsp3) is 0. The Morgan fingerprint density at radius 1 is 0.857 bits per heavy atom. The Morgan fingerprint density at radius 2 is 1.50 bits per heavy atom. The Morgan fingerprint density at radius 3 is 2.18 bits per heavy atom. The van der Waals surface area contributed by atoms with Gasteiger partial charge in [0.05, 0.1) is 16.1 Å². The molecule has 0 aliphatic heterocycles. The monoisotopic (exact) mass is 412 g/mol. The summed E-state index contributed by atoms with van der Waals surface area (Å²) in [5, 5.41) is 4.25. The fourth-order valence-corrected chi connectivity index (χ4v) is 3.43. The first-order valence-corrected chi connectivity index (χ1v) is 10.3. The molecule has 3 aromatic carbocycles. The standard InChI is InChI=1S/C21H17ClN2O3S/c22-19-8-4-5-9-20(19)23-21(25)17-10-12-18(13-11-17)24-28(26,27)15-14-16-6-2-1-3-7-16/h1-15,24H,(H,23,25). The van der Waals surface area contributed by atoms with Crippen LogP contribution in [0.1, 0.15) is 15.9 Å². The minimum absolute atomic E-state index is 0.341. The third-order valence-electron chi connectivity index (χ3n) is 3.77. The van der Waals surface area contributed by atoms with Gasteiger partial charge >= 0.3 is 0 Å². The van der Waals surface area contributed by atoms with Crippen molar-refractivity contribution in [1.82, 2.24) is 0 Å². The molecule has 0 aliphatic carbocycles. The number of anilines is 2. The number of hydrogen-bond donors (Lipinski definition) is 2. The predicted molar refractivity (Wildman–Crippen MR) is 114 cm³/mol. The van der Waals surface area contributed by atoms with Crippen molar-refractivity contribution in [2.24, 2.45) is 0 Å². The van der Waals surface area contributed by atoms with Gasteiger partial charge in [0.15, 0.2) is 0 Å². The number of carbonyl (C=O) groups excluding carboxylic acids is 1. The summed E-state index contributed by atoms with van der Waals surface area (Å²) in [7, 11) is -3.67. The van der Waals surface area contributed by atoms with E-state index in [1.165, 1.54) is 30.3 Å². The van der Waals surface area contributed by atoms with Crippen molar-refractivity contribution in [3.8, 4) is 0 Å². The number of benzene rings is 3. The highest BCUT2D eigenvalue weighted by molar-refractivity contribution is 7.95. The average Bonchev–Trinajstić information content (AvgIpc) is 2.69. The number of hydrogen-bond acceptors (Lipinski definition) is 3. The van der Waals surface area contributed by atoms with Gasteiger partial charge in [-0.05, 0) is 48.0 Å². The maximum absolute atomic E-state index is 12.3. The van der Waals surface area contributed by atoms with Crippen molar-refractivity contribution < 1.29 is 13.2 Å². The van der Waals surface area contributed by atoms with Crippen LogP contribution in [0.3, 0.4) is 0 Å². The summed E-state index contributed by atoms with van der Waals surface area (Å²) in [5.41, 5.74) is 2.01. The Kier molecular flexibility index (Phi) is 6.13. The van der Waals surface area contributed by atoms with Crippen LogP contribution in [-0.2, 0) is 10.0 Å². The molecule has 0 heterocycles. The number of rotatable bonds is 6. The van der Waals surface area contributed by atoms with Crippen molar-refractivity contribution in [1.29, 1.82) is 0 Å². The summed E-state index contributed by atoms with van der Waals surface area (Å²) in [4.78, 5) is 12.3. The van der Waals surface area contributed by atoms with Crippen molar-refractivity contribution in [2.75, 3.05) is 10.0 Å². The van der Waals surface area contributed by atoms with Crippen LogP contribution in [0.2, 0.25) is 5.02 Å². The molecule has 7 heteroatoms. The highest BCUT2D eigenvalue weighted by Crippen LogP contribution is 2.21. The van der Waals surface area contributed by atoms with E-state index < -0.39 is 10.0 Å². The fourth-order valence-electron chi connectivity index (χ4n) is 2.38. The lowest BCUT2D eigenvalue weighted by Crippen LogP contribution is -2.13. The smallest absolute Gasteiger partial charge is 0.255 e. The van der Waals surface area contributed by atoms with E-state index in [2.05, 4.69) is 10.0 Å². The third-order valence-corrected chi connectivity index (χ3v) is 5.11. The zero-order valence-corrected chi connectivity index (χ0v) is 16.2. The molecule has 2 N–H and O–H groups in total. The molecule has 0 saturated carbocycles. The highest BCUT2D eigenvalue weighted by atomic mass is 35.5. The van der Waals surface area contributed by atoms with Crippen LogP contribution in [-0.4, -0.2) is 14.3 Å². The summed E-state index contributed by atoms with van der Waals surface area (Å²) < 4.78 is 26.8.